The second-order valence-electron chi connectivity index (χ2n) is 17.3. The first-order chi connectivity index (χ1) is 29.5. The first kappa shape index (κ1) is 41.6. The van der Waals surface area contributed by atoms with Gasteiger partial charge in [-0.25, -0.2) is 27.2 Å². The van der Waals surface area contributed by atoms with Crippen molar-refractivity contribution in [2.75, 3.05) is 57.4 Å². The van der Waals surface area contributed by atoms with Crippen molar-refractivity contribution in [1.29, 1.82) is 5.26 Å². The number of piperidine rings is 1. The van der Waals surface area contributed by atoms with Crippen LogP contribution in [0.3, 0.4) is 0 Å². The van der Waals surface area contributed by atoms with Gasteiger partial charge in [0.15, 0.2) is 11.2 Å². The molecule has 4 fully saturated rings. The topological polar surface area (TPSA) is 146 Å². The molecule has 2 aromatic heterocycles. The zero-order valence-electron chi connectivity index (χ0n) is 33.5. The van der Waals surface area contributed by atoms with Crippen molar-refractivity contribution >= 4 is 39.7 Å². The smallest absolute Gasteiger partial charge is 0.415 e. The number of aryl methyl sites for hydroxylation is 1. The number of amides is 2. The molecule has 2 aromatic carbocycles. The Labute approximate surface area is 350 Å². The number of fused-ring (bicyclic) bond motifs is 7. The third-order valence-corrected chi connectivity index (χ3v) is 12.9. The molecular formula is C42H41F7N8O5. The van der Waals surface area contributed by atoms with E-state index in [9.17, 15) is 32.4 Å². The summed E-state index contributed by atoms with van der Waals surface area (Å²) in [5, 5.41) is 12.6. The van der Waals surface area contributed by atoms with Crippen LogP contribution < -0.4 is 19.7 Å². The van der Waals surface area contributed by atoms with Gasteiger partial charge in [-0.2, -0.15) is 28.4 Å². The van der Waals surface area contributed by atoms with Crippen LogP contribution in [-0.4, -0.2) is 119 Å². The molecule has 328 valence electrons. The summed E-state index contributed by atoms with van der Waals surface area (Å²) in [4.78, 5) is 44.4. The molecule has 0 radical (unpaired) electrons. The van der Waals surface area contributed by atoms with Gasteiger partial charge < -0.3 is 29.3 Å². The van der Waals surface area contributed by atoms with Gasteiger partial charge in [0.25, 0.3) is 0 Å². The van der Waals surface area contributed by atoms with E-state index in [0.29, 0.717) is 13.0 Å². The summed E-state index contributed by atoms with van der Waals surface area (Å²) in [5.74, 6) is -1.96. The minimum Gasteiger partial charge on any atom is -0.461 e. The van der Waals surface area contributed by atoms with Crippen molar-refractivity contribution in [2.24, 2.45) is 5.41 Å². The van der Waals surface area contributed by atoms with Gasteiger partial charge in [-0.1, -0.05) is 6.07 Å². The summed E-state index contributed by atoms with van der Waals surface area (Å²) in [6.07, 6.45) is -7.27. The molecule has 5 atom stereocenters. The molecule has 8 heterocycles. The summed E-state index contributed by atoms with van der Waals surface area (Å²) >= 11 is 0. The summed E-state index contributed by atoms with van der Waals surface area (Å²) in [6.45, 7) is 0.739. The standard InChI is InChI=1S/C42H41F7N8O5/c1-39-14-24(43)17-56(20-39)35-29-16-51-33(32(46)34(29)52-36(53-35)61-22-41-7-3-9-57(41)18-25(44)15-41)28-13-26(62-38(59)55-10-8-40(19-50,21-55)42(47,48)49)12-23-5-6-30(45)27(31(23)28)4-2-11-60-37(58)54-39/h5-6,12-13,16,24-25H,2-4,7-11,14-15,17-18,20-22H2,1H3,(H,54,58)/t24-,25-,39-,40?,41+/m1/s1. The molecule has 13 nitrogen and oxygen atoms in total. The molecule has 1 unspecified atom stereocenters. The van der Waals surface area contributed by atoms with E-state index in [1.165, 1.54) is 35.4 Å². The molecule has 1 N–H and O–H groups in total. The van der Waals surface area contributed by atoms with Gasteiger partial charge in [0.05, 0.1) is 42.2 Å². The molecule has 20 heteroatoms. The van der Waals surface area contributed by atoms with E-state index < -0.39 is 78.3 Å². The largest absolute Gasteiger partial charge is 0.461 e. The Morgan fingerprint density at radius 1 is 1.06 bits per heavy atom. The highest BCUT2D eigenvalue weighted by molar-refractivity contribution is 6.02. The van der Waals surface area contributed by atoms with Gasteiger partial charge in [-0.15, -0.1) is 0 Å². The Morgan fingerprint density at radius 2 is 1.87 bits per heavy atom. The number of benzene rings is 2. The van der Waals surface area contributed by atoms with Crippen molar-refractivity contribution in [3.05, 3.63) is 47.7 Å². The van der Waals surface area contributed by atoms with Crippen LogP contribution in [0.1, 0.15) is 51.0 Å². The van der Waals surface area contributed by atoms with E-state index >= 15 is 13.2 Å². The lowest BCUT2D eigenvalue weighted by Crippen LogP contribution is -2.60. The number of aromatic nitrogens is 3. The minimum absolute atomic E-state index is 0.00114. The van der Waals surface area contributed by atoms with Crippen LogP contribution in [0.25, 0.3) is 32.9 Å². The Kier molecular flexibility index (Phi) is 10.3. The number of hydrogen-bond acceptors (Lipinski definition) is 11. The number of likely N-dealkylation sites (tertiary alicyclic amines) is 1. The van der Waals surface area contributed by atoms with Crippen molar-refractivity contribution in [1.82, 2.24) is 30.1 Å². The molecule has 6 bridgehead atoms. The van der Waals surface area contributed by atoms with E-state index in [4.69, 9.17) is 14.2 Å². The Balaban J connectivity index is 1.19. The van der Waals surface area contributed by atoms with E-state index in [0.717, 1.165) is 17.4 Å². The van der Waals surface area contributed by atoms with E-state index in [1.807, 2.05) is 4.90 Å². The van der Waals surface area contributed by atoms with Gasteiger partial charge in [0.1, 0.15) is 47.5 Å². The molecule has 0 saturated carbocycles. The fourth-order valence-electron chi connectivity index (χ4n) is 9.95. The average molecular weight is 871 g/mol. The third kappa shape index (κ3) is 7.30. The second kappa shape index (κ2) is 15.3. The summed E-state index contributed by atoms with van der Waals surface area (Å²) in [5.41, 5.74) is -5.35. The molecule has 4 aromatic rings. The number of alkyl halides is 5. The average Bonchev–Trinajstić information content (AvgIpc) is 3.91. The maximum absolute atomic E-state index is 17.5. The number of rotatable bonds is 4. The van der Waals surface area contributed by atoms with Gasteiger partial charge >= 0.3 is 24.4 Å². The predicted molar refractivity (Wildman–Crippen MR) is 208 cm³/mol. The van der Waals surface area contributed by atoms with Gasteiger partial charge in [0, 0.05) is 44.2 Å². The molecule has 10 rings (SSSR count). The van der Waals surface area contributed by atoms with Gasteiger partial charge in [-0.05, 0) is 80.1 Å². The van der Waals surface area contributed by atoms with E-state index in [-0.39, 0.29) is 115 Å². The number of alkyl carbamates (subject to hydrolysis) is 1. The molecular weight excluding hydrogens is 829 g/mol. The predicted octanol–water partition coefficient (Wildman–Crippen LogP) is 7.33. The third-order valence-electron chi connectivity index (χ3n) is 12.9. The number of ether oxygens (including phenoxy) is 3. The highest BCUT2D eigenvalue weighted by atomic mass is 19.4. The van der Waals surface area contributed by atoms with Crippen LogP contribution in [0.2, 0.25) is 0 Å². The lowest BCUT2D eigenvalue weighted by atomic mass is 9.88. The Bertz CT molecular complexity index is 2530. The van der Waals surface area contributed by atoms with Crippen LogP contribution in [0, 0.1) is 28.4 Å². The highest BCUT2D eigenvalue weighted by Gasteiger charge is 2.60. The van der Waals surface area contributed by atoms with Crippen LogP contribution >= 0.6 is 0 Å². The lowest BCUT2D eigenvalue weighted by Gasteiger charge is -2.42. The quantitative estimate of drug-likeness (QED) is 0.206. The molecule has 6 aliphatic heterocycles. The van der Waals surface area contributed by atoms with Gasteiger partial charge in [0.2, 0.25) is 0 Å². The molecule has 0 aliphatic carbocycles. The number of nitrogens with one attached hydrogen (secondary N) is 1. The number of halogens is 7. The van der Waals surface area contributed by atoms with Crippen molar-refractivity contribution in [3.63, 3.8) is 0 Å². The zero-order chi connectivity index (χ0) is 43.8. The van der Waals surface area contributed by atoms with Crippen molar-refractivity contribution in [2.45, 2.75) is 81.5 Å². The number of nitriles is 1. The second-order valence-corrected chi connectivity index (χ2v) is 17.3. The fourth-order valence-corrected chi connectivity index (χ4v) is 9.95. The fraction of sp³-hybridized carbons (Fsp3) is 0.524. The Morgan fingerprint density at radius 3 is 2.65 bits per heavy atom. The normalized spacial score (nSPS) is 27.9. The van der Waals surface area contributed by atoms with Crippen LogP contribution in [-0.2, 0) is 11.2 Å². The molecule has 62 heavy (non-hydrogen) atoms. The van der Waals surface area contributed by atoms with Crippen LogP contribution in [0.15, 0.2) is 30.5 Å². The molecule has 4 saturated heterocycles. The highest BCUT2D eigenvalue weighted by Crippen LogP contribution is 2.46. The van der Waals surface area contributed by atoms with E-state index in [1.54, 1.807) is 6.92 Å². The maximum atomic E-state index is 17.5. The first-order valence-corrected chi connectivity index (χ1v) is 20.4. The van der Waals surface area contributed by atoms with Crippen LogP contribution in [0.5, 0.6) is 11.8 Å². The molecule has 6 aliphatic rings. The number of pyridine rings is 1. The monoisotopic (exact) mass is 870 g/mol. The summed E-state index contributed by atoms with van der Waals surface area (Å²) < 4.78 is 123. The number of anilines is 1. The Hall–Kier alpha value is -5.71. The van der Waals surface area contributed by atoms with Gasteiger partial charge in [-0.3, -0.25) is 9.88 Å². The molecule has 2 amide bonds. The maximum Gasteiger partial charge on any atom is 0.415 e. The number of carbonyl (C=O) groups is 2. The zero-order valence-corrected chi connectivity index (χ0v) is 33.5. The first-order valence-electron chi connectivity index (χ1n) is 20.4. The van der Waals surface area contributed by atoms with Crippen molar-refractivity contribution in [3.8, 4) is 29.1 Å². The summed E-state index contributed by atoms with van der Waals surface area (Å²) in [7, 11) is 0. The number of nitrogens with zero attached hydrogens (tertiary/aromatic N) is 7. The SMILES string of the molecule is C[C@@]12C[C@@H](F)CN(C1)c1nc(OC[C@@]34CCCN3C[C@H](F)C4)nc3c(F)c(ncc13)-c1cc(OC(=O)N3CCC(C#N)(C(F)(F)F)C3)cc3ccc(F)c(c13)CCCOC(=O)N2. The number of hydrogen-bond donors (Lipinski definition) is 1. The minimum atomic E-state index is -4.92. The summed E-state index contributed by atoms with van der Waals surface area (Å²) in [6, 6.07) is 6.05. The van der Waals surface area contributed by atoms with E-state index in [2.05, 4.69) is 20.3 Å². The molecule has 0 spiro atoms. The number of carbonyl (C=O) groups excluding carboxylic acids is 2. The lowest BCUT2D eigenvalue weighted by molar-refractivity contribution is -0.197. The van der Waals surface area contributed by atoms with Crippen LogP contribution in [0.4, 0.5) is 46.1 Å². The van der Waals surface area contributed by atoms with Crippen molar-refractivity contribution < 1.29 is 54.5 Å².